The molecule has 0 radical (unpaired) electrons. The van der Waals surface area contributed by atoms with Crippen LogP contribution >= 0.6 is 0 Å². The number of methoxy groups -OCH3 is 1. The number of carbonyl (C=O) groups excluding carboxylic acids is 1. The molecule has 0 aromatic heterocycles. The number of amides is 1. The van der Waals surface area contributed by atoms with E-state index >= 15 is 0 Å². The molecule has 5 nitrogen and oxygen atoms in total. The van der Waals surface area contributed by atoms with E-state index in [2.05, 4.69) is 5.32 Å². The summed E-state index contributed by atoms with van der Waals surface area (Å²) in [5.41, 5.74) is 2.44. The van der Waals surface area contributed by atoms with Gasteiger partial charge < -0.3 is 10.1 Å². The Kier molecular flexibility index (Phi) is 8.36. The number of nitrogens with zero attached hydrogens (tertiary/aromatic N) is 1. The van der Waals surface area contributed by atoms with E-state index in [1.807, 2.05) is 56.3 Å². The summed E-state index contributed by atoms with van der Waals surface area (Å²) in [6, 6.07) is 15.2. The lowest BCUT2D eigenvalue weighted by Crippen LogP contribution is -2.26. The Morgan fingerprint density at radius 2 is 1.67 bits per heavy atom. The van der Waals surface area contributed by atoms with Crippen LogP contribution in [0.2, 0.25) is 0 Å². The summed E-state index contributed by atoms with van der Waals surface area (Å²) in [6.45, 7) is 4.62. The second-order valence-corrected chi connectivity index (χ2v) is 4.73. The molecule has 0 saturated carbocycles. The second-order valence-electron chi connectivity index (χ2n) is 4.73. The number of benzene rings is 2. The van der Waals surface area contributed by atoms with E-state index in [1.54, 1.807) is 20.2 Å². The molecule has 5 heteroatoms. The topological polar surface area (TPSA) is 50.8 Å². The molecule has 0 aliphatic rings. The van der Waals surface area contributed by atoms with E-state index in [4.69, 9.17) is 9.57 Å². The number of para-hydroxylation sites is 1. The fourth-order valence-electron chi connectivity index (χ4n) is 2.02. The lowest BCUT2D eigenvalue weighted by Gasteiger charge is -2.17. The molecule has 1 amide bonds. The highest BCUT2D eigenvalue weighted by Crippen LogP contribution is 2.19. The predicted octanol–water partition coefficient (Wildman–Crippen LogP) is 3.97. The van der Waals surface area contributed by atoms with Crippen LogP contribution in [0.1, 0.15) is 29.8 Å². The first-order chi connectivity index (χ1) is 11.7. The predicted molar refractivity (Wildman–Crippen MR) is 97.2 cm³/mol. The summed E-state index contributed by atoms with van der Waals surface area (Å²) >= 11 is 0. The van der Waals surface area contributed by atoms with Crippen LogP contribution in [0.25, 0.3) is 0 Å². The average Bonchev–Trinajstić information content (AvgIpc) is 2.67. The standard InChI is InChI=1S/C17H20N2O3.C2H6/c1-19(22-3)17(20)15-6-4-5-7-16(15)18-12-13-8-10-14(21-2)11-9-13;1-2/h4-11,18H,12H2,1-3H3;1-2H3. The maximum atomic E-state index is 12.2. The average molecular weight is 330 g/mol. The first-order valence-corrected chi connectivity index (χ1v) is 7.93. The maximum absolute atomic E-state index is 12.2. The van der Waals surface area contributed by atoms with E-state index in [1.165, 1.54) is 12.2 Å². The Balaban J connectivity index is 0.00000139. The molecule has 0 unspecified atom stereocenters. The summed E-state index contributed by atoms with van der Waals surface area (Å²) in [6.07, 6.45) is 0. The van der Waals surface area contributed by atoms with Gasteiger partial charge in [-0.2, -0.15) is 0 Å². The minimum absolute atomic E-state index is 0.194. The summed E-state index contributed by atoms with van der Waals surface area (Å²) in [5.74, 6) is 0.626. The minimum Gasteiger partial charge on any atom is -0.497 e. The SMILES string of the molecule is CC.COc1ccc(CNc2ccccc2C(=O)N(C)OC)cc1. The van der Waals surface area contributed by atoms with Crippen molar-refractivity contribution >= 4 is 11.6 Å². The molecule has 0 heterocycles. The van der Waals surface area contributed by atoms with Gasteiger partial charge in [0.05, 0.1) is 19.8 Å². The van der Waals surface area contributed by atoms with Crippen molar-refractivity contribution in [1.29, 1.82) is 0 Å². The Morgan fingerprint density at radius 1 is 1.04 bits per heavy atom. The van der Waals surface area contributed by atoms with Crippen molar-refractivity contribution in [3.63, 3.8) is 0 Å². The number of ether oxygens (including phenoxy) is 1. The highest BCUT2D eigenvalue weighted by molar-refractivity contribution is 5.98. The van der Waals surface area contributed by atoms with E-state index in [-0.39, 0.29) is 5.91 Å². The Hall–Kier alpha value is -2.53. The molecule has 0 fully saturated rings. The second kappa shape index (κ2) is 10.3. The van der Waals surface area contributed by atoms with Crippen molar-refractivity contribution in [3.05, 3.63) is 59.7 Å². The molecule has 2 rings (SSSR count). The molecule has 0 bridgehead atoms. The summed E-state index contributed by atoms with van der Waals surface area (Å²) < 4.78 is 5.14. The number of nitrogens with one attached hydrogen (secondary N) is 1. The monoisotopic (exact) mass is 330 g/mol. The van der Waals surface area contributed by atoms with Gasteiger partial charge in [-0.1, -0.05) is 38.1 Å². The number of hydroxylamine groups is 2. The Labute approximate surface area is 144 Å². The smallest absolute Gasteiger partial charge is 0.279 e. The van der Waals surface area contributed by atoms with Gasteiger partial charge in [0.1, 0.15) is 5.75 Å². The van der Waals surface area contributed by atoms with Gasteiger partial charge >= 0.3 is 0 Å². The van der Waals surface area contributed by atoms with Crippen LogP contribution in [0.5, 0.6) is 5.75 Å². The van der Waals surface area contributed by atoms with Crippen LogP contribution in [-0.2, 0) is 11.4 Å². The molecular weight excluding hydrogens is 304 g/mol. The molecule has 1 N–H and O–H groups in total. The first kappa shape index (κ1) is 19.5. The van der Waals surface area contributed by atoms with E-state index in [0.29, 0.717) is 12.1 Å². The third-order valence-electron chi connectivity index (χ3n) is 3.36. The molecule has 0 saturated heterocycles. The normalized spacial score (nSPS) is 9.54. The molecule has 2 aromatic carbocycles. The van der Waals surface area contributed by atoms with E-state index in [0.717, 1.165) is 17.0 Å². The van der Waals surface area contributed by atoms with Crippen LogP contribution in [0.4, 0.5) is 5.69 Å². The number of anilines is 1. The zero-order valence-electron chi connectivity index (χ0n) is 15.0. The van der Waals surface area contributed by atoms with Crippen LogP contribution in [-0.4, -0.2) is 32.2 Å². The summed E-state index contributed by atoms with van der Waals surface area (Å²) in [4.78, 5) is 17.2. The molecule has 0 aliphatic carbocycles. The van der Waals surface area contributed by atoms with E-state index in [9.17, 15) is 4.79 Å². The van der Waals surface area contributed by atoms with Gasteiger partial charge in [0.25, 0.3) is 5.91 Å². The van der Waals surface area contributed by atoms with Crippen molar-refractivity contribution in [3.8, 4) is 5.75 Å². The minimum atomic E-state index is -0.194. The number of rotatable bonds is 6. The highest BCUT2D eigenvalue weighted by atomic mass is 16.7. The van der Waals surface area contributed by atoms with Crippen molar-refractivity contribution in [2.45, 2.75) is 20.4 Å². The number of hydrogen-bond donors (Lipinski definition) is 1. The van der Waals surface area contributed by atoms with Gasteiger partial charge in [-0.15, -0.1) is 0 Å². The third-order valence-corrected chi connectivity index (χ3v) is 3.36. The van der Waals surface area contributed by atoms with E-state index < -0.39 is 0 Å². The van der Waals surface area contributed by atoms with Crippen molar-refractivity contribution in [2.24, 2.45) is 0 Å². The van der Waals surface area contributed by atoms with Crippen LogP contribution < -0.4 is 10.1 Å². The fourth-order valence-corrected chi connectivity index (χ4v) is 2.02. The van der Waals surface area contributed by atoms with Gasteiger partial charge in [-0.3, -0.25) is 9.63 Å². The number of hydrogen-bond acceptors (Lipinski definition) is 4. The van der Waals surface area contributed by atoms with Crippen LogP contribution in [0.15, 0.2) is 48.5 Å². The van der Waals surface area contributed by atoms with Gasteiger partial charge in [-0.25, -0.2) is 5.06 Å². The zero-order valence-corrected chi connectivity index (χ0v) is 15.0. The van der Waals surface area contributed by atoms with Gasteiger partial charge in [0, 0.05) is 19.3 Å². The van der Waals surface area contributed by atoms with Crippen molar-refractivity contribution in [1.82, 2.24) is 5.06 Å². The molecule has 0 aliphatic heterocycles. The maximum Gasteiger partial charge on any atom is 0.279 e. The molecular formula is C19H26N2O3. The van der Waals surface area contributed by atoms with Crippen molar-refractivity contribution < 1.29 is 14.4 Å². The molecule has 0 spiro atoms. The Bertz CT molecular complexity index is 627. The lowest BCUT2D eigenvalue weighted by molar-refractivity contribution is -0.0756. The largest absolute Gasteiger partial charge is 0.497 e. The molecule has 24 heavy (non-hydrogen) atoms. The third kappa shape index (κ3) is 5.28. The van der Waals surface area contributed by atoms with Crippen LogP contribution in [0, 0.1) is 0 Å². The van der Waals surface area contributed by atoms with Crippen molar-refractivity contribution in [2.75, 3.05) is 26.6 Å². The van der Waals surface area contributed by atoms with Gasteiger partial charge in [0.15, 0.2) is 0 Å². The zero-order chi connectivity index (χ0) is 17.9. The van der Waals surface area contributed by atoms with Crippen LogP contribution in [0.3, 0.4) is 0 Å². The Morgan fingerprint density at radius 3 is 2.25 bits per heavy atom. The molecule has 0 atom stereocenters. The van der Waals surface area contributed by atoms with Gasteiger partial charge in [-0.05, 0) is 29.8 Å². The number of carbonyl (C=O) groups is 1. The van der Waals surface area contributed by atoms with Gasteiger partial charge in [0.2, 0.25) is 0 Å². The highest BCUT2D eigenvalue weighted by Gasteiger charge is 2.15. The summed E-state index contributed by atoms with van der Waals surface area (Å²) in [5, 5.41) is 4.49. The first-order valence-electron chi connectivity index (χ1n) is 7.93. The lowest BCUT2D eigenvalue weighted by atomic mass is 10.1. The quantitative estimate of drug-likeness (QED) is 0.814. The molecule has 130 valence electrons. The molecule has 2 aromatic rings. The fraction of sp³-hybridized carbons (Fsp3) is 0.316. The summed E-state index contributed by atoms with van der Waals surface area (Å²) in [7, 11) is 4.69.